The van der Waals surface area contributed by atoms with E-state index < -0.39 is 12.0 Å². The molecule has 7 nitrogen and oxygen atoms in total. The maximum atomic E-state index is 13.8. The third-order valence-electron chi connectivity index (χ3n) is 4.08. The van der Waals surface area contributed by atoms with Gasteiger partial charge in [0.05, 0.1) is 11.3 Å². The van der Waals surface area contributed by atoms with Crippen molar-refractivity contribution in [3.63, 3.8) is 0 Å². The molecule has 1 aliphatic rings. The van der Waals surface area contributed by atoms with Crippen molar-refractivity contribution in [3.05, 3.63) is 36.5 Å². The summed E-state index contributed by atoms with van der Waals surface area (Å²) in [5, 5.41) is 14.5. The van der Waals surface area contributed by atoms with Gasteiger partial charge >= 0.3 is 6.09 Å². The largest absolute Gasteiger partial charge is 0.465 e. The molecular formula is C16H18FN5O2. The van der Waals surface area contributed by atoms with E-state index >= 15 is 0 Å². The molecule has 0 radical (unpaired) electrons. The monoisotopic (exact) mass is 331 g/mol. The number of carbonyl (C=O) groups is 1. The first-order valence-electron chi connectivity index (χ1n) is 7.82. The summed E-state index contributed by atoms with van der Waals surface area (Å²) in [6.07, 6.45) is 5.15. The molecule has 1 saturated carbocycles. The minimum absolute atomic E-state index is 0.00251. The summed E-state index contributed by atoms with van der Waals surface area (Å²) in [5.74, 6) is -0.132. The fraction of sp³-hybridized carbons (Fsp3) is 0.375. The lowest BCUT2D eigenvalue weighted by Gasteiger charge is -2.28. The van der Waals surface area contributed by atoms with Crippen LogP contribution in [0.1, 0.15) is 25.7 Å². The van der Waals surface area contributed by atoms with Gasteiger partial charge in [-0.3, -0.25) is 0 Å². The Bertz CT molecular complexity index is 719. The number of halogens is 1. The summed E-state index contributed by atoms with van der Waals surface area (Å²) in [7, 11) is 0. The van der Waals surface area contributed by atoms with Gasteiger partial charge in [-0.15, -0.1) is 0 Å². The summed E-state index contributed by atoms with van der Waals surface area (Å²) in [5.41, 5.74) is 0.802. The van der Waals surface area contributed by atoms with Gasteiger partial charge < -0.3 is 15.7 Å². The first-order valence-corrected chi connectivity index (χ1v) is 7.82. The Labute approximate surface area is 138 Å². The zero-order chi connectivity index (χ0) is 16.9. The number of rotatable bonds is 4. The number of nitrogens with one attached hydrogen (secondary N) is 2. The molecule has 3 N–H and O–H groups in total. The van der Waals surface area contributed by atoms with Crippen LogP contribution < -0.4 is 10.6 Å². The fourth-order valence-electron chi connectivity index (χ4n) is 2.89. The molecular weight excluding hydrogens is 313 g/mol. The molecule has 126 valence electrons. The maximum Gasteiger partial charge on any atom is 0.404 e. The SMILES string of the molecule is O=C(O)NC1CCC(Nc2nccc(-c3cccnc3F)n2)CC1. The van der Waals surface area contributed by atoms with E-state index in [1.807, 2.05) is 0 Å². The van der Waals surface area contributed by atoms with Crippen LogP contribution in [-0.2, 0) is 0 Å². The number of pyridine rings is 1. The van der Waals surface area contributed by atoms with Crippen LogP contribution in [0.2, 0.25) is 0 Å². The van der Waals surface area contributed by atoms with Crippen LogP contribution in [-0.4, -0.2) is 38.2 Å². The van der Waals surface area contributed by atoms with Crippen LogP contribution >= 0.6 is 0 Å². The third kappa shape index (κ3) is 3.95. The van der Waals surface area contributed by atoms with Crippen molar-refractivity contribution in [3.8, 4) is 11.3 Å². The molecule has 8 heteroatoms. The average molecular weight is 331 g/mol. The van der Waals surface area contributed by atoms with Gasteiger partial charge in [0.1, 0.15) is 0 Å². The Balaban J connectivity index is 1.64. The number of anilines is 1. The summed E-state index contributed by atoms with van der Waals surface area (Å²) in [6.45, 7) is 0. The minimum atomic E-state index is -0.985. The summed E-state index contributed by atoms with van der Waals surface area (Å²) < 4.78 is 13.8. The Hall–Kier alpha value is -2.77. The van der Waals surface area contributed by atoms with Crippen molar-refractivity contribution in [2.24, 2.45) is 0 Å². The predicted molar refractivity (Wildman–Crippen MR) is 86.0 cm³/mol. The Morgan fingerprint density at radius 1 is 1.12 bits per heavy atom. The molecule has 2 aromatic heterocycles. The van der Waals surface area contributed by atoms with Gasteiger partial charge in [0, 0.05) is 24.5 Å². The highest BCUT2D eigenvalue weighted by atomic mass is 19.1. The number of carboxylic acid groups (broad SMARTS) is 1. The molecule has 0 spiro atoms. The van der Waals surface area contributed by atoms with Gasteiger partial charge in [-0.2, -0.15) is 4.39 Å². The first kappa shape index (κ1) is 16.1. The van der Waals surface area contributed by atoms with E-state index in [1.165, 1.54) is 6.20 Å². The number of hydrogen-bond donors (Lipinski definition) is 3. The van der Waals surface area contributed by atoms with E-state index in [0.717, 1.165) is 25.7 Å². The van der Waals surface area contributed by atoms with Crippen molar-refractivity contribution in [2.45, 2.75) is 37.8 Å². The van der Waals surface area contributed by atoms with Crippen molar-refractivity contribution in [1.82, 2.24) is 20.3 Å². The molecule has 24 heavy (non-hydrogen) atoms. The van der Waals surface area contributed by atoms with Gasteiger partial charge in [0.25, 0.3) is 0 Å². The second kappa shape index (κ2) is 7.20. The fourth-order valence-corrected chi connectivity index (χ4v) is 2.89. The van der Waals surface area contributed by atoms with Crippen LogP contribution in [0.3, 0.4) is 0 Å². The highest BCUT2D eigenvalue weighted by molar-refractivity contribution is 5.64. The maximum absolute atomic E-state index is 13.8. The summed E-state index contributed by atoms with van der Waals surface area (Å²) in [6, 6.07) is 5.09. The van der Waals surface area contributed by atoms with Gasteiger partial charge in [0.2, 0.25) is 11.9 Å². The number of hydrogen-bond acceptors (Lipinski definition) is 5. The molecule has 0 aromatic carbocycles. The molecule has 0 saturated heterocycles. The smallest absolute Gasteiger partial charge is 0.404 e. The molecule has 0 unspecified atom stereocenters. The van der Waals surface area contributed by atoms with Crippen molar-refractivity contribution in [2.75, 3.05) is 5.32 Å². The first-order chi connectivity index (χ1) is 11.6. The van der Waals surface area contributed by atoms with Crippen LogP contribution in [0, 0.1) is 5.95 Å². The lowest BCUT2D eigenvalue weighted by Crippen LogP contribution is -2.39. The summed E-state index contributed by atoms with van der Waals surface area (Å²) in [4.78, 5) is 22.8. The topological polar surface area (TPSA) is 100 Å². The van der Waals surface area contributed by atoms with E-state index in [-0.39, 0.29) is 12.1 Å². The van der Waals surface area contributed by atoms with Crippen LogP contribution in [0.15, 0.2) is 30.6 Å². The Morgan fingerprint density at radius 3 is 2.58 bits per heavy atom. The molecule has 0 aliphatic heterocycles. The molecule has 0 atom stereocenters. The molecule has 2 aromatic rings. The van der Waals surface area contributed by atoms with Crippen LogP contribution in [0.25, 0.3) is 11.3 Å². The Morgan fingerprint density at radius 2 is 1.88 bits per heavy atom. The van der Waals surface area contributed by atoms with Gasteiger partial charge in [-0.05, 0) is 43.9 Å². The number of amides is 1. The second-order valence-electron chi connectivity index (χ2n) is 5.75. The van der Waals surface area contributed by atoms with Crippen molar-refractivity contribution in [1.29, 1.82) is 0 Å². The lowest BCUT2D eigenvalue weighted by atomic mass is 9.91. The number of nitrogens with zero attached hydrogens (tertiary/aromatic N) is 3. The predicted octanol–water partition coefficient (Wildman–Crippen LogP) is 2.67. The average Bonchev–Trinajstić information content (AvgIpc) is 2.57. The van der Waals surface area contributed by atoms with Crippen LogP contribution in [0.5, 0.6) is 0 Å². The van der Waals surface area contributed by atoms with E-state index in [9.17, 15) is 9.18 Å². The van der Waals surface area contributed by atoms with E-state index in [0.29, 0.717) is 17.2 Å². The zero-order valence-corrected chi connectivity index (χ0v) is 12.9. The number of aromatic nitrogens is 3. The third-order valence-corrected chi connectivity index (χ3v) is 4.08. The normalized spacial score (nSPS) is 20.4. The lowest BCUT2D eigenvalue weighted by molar-refractivity contribution is 0.185. The highest BCUT2D eigenvalue weighted by Crippen LogP contribution is 2.23. The molecule has 0 bridgehead atoms. The van der Waals surface area contributed by atoms with E-state index in [4.69, 9.17) is 5.11 Å². The zero-order valence-electron chi connectivity index (χ0n) is 12.9. The standard InChI is InChI=1S/C16H18FN5O2/c17-14-12(2-1-8-18-14)13-7-9-19-15(22-13)20-10-3-5-11(6-4-10)21-16(23)24/h1-2,7-11,21H,3-6H2,(H,23,24)(H,19,20,22). The Kier molecular flexibility index (Phi) is 4.83. The molecule has 1 amide bonds. The second-order valence-corrected chi connectivity index (χ2v) is 5.75. The minimum Gasteiger partial charge on any atom is -0.465 e. The molecule has 3 rings (SSSR count). The molecule has 2 heterocycles. The molecule has 1 fully saturated rings. The van der Waals surface area contributed by atoms with Gasteiger partial charge in [-0.1, -0.05) is 0 Å². The quantitative estimate of drug-likeness (QED) is 0.745. The molecule has 1 aliphatic carbocycles. The van der Waals surface area contributed by atoms with E-state index in [2.05, 4.69) is 25.6 Å². The van der Waals surface area contributed by atoms with Gasteiger partial charge in [0.15, 0.2) is 0 Å². The van der Waals surface area contributed by atoms with Crippen molar-refractivity contribution < 1.29 is 14.3 Å². The van der Waals surface area contributed by atoms with Crippen molar-refractivity contribution >= 4 is 12.0 Å². The van der Waals surface area contributed by atoms with E-state index in [1.54, 1.807) is 24.4 Å². The van der Waals surface area contributed by atoms with Crippen LogP contribution in [0.4, 0.5) is 15.1 Å². The highest BCUT2D eigenvalue weighted by Gasteiger charge is 2.22. The summed E-state index contributed by atoms with van der Waals surface area (Å²) >= 11 is 0. The van der Waals surface area contributed by atoms with Gasteiger partial charge in [-0.25, -0.2) is 19.7 Å².